The van der Waals surface area contributed by atoms with E-state index in [1.54, 1.807) is 6.07 Å². The number of urea groups is 1. The van der Waals surface area contributed by atoms with Crippen LogP contribution in [0.4, 0.5) is 18.0 Å². The first-order valence-corrected chi connectivity index (χ1v) is 10.7. The molecule has 0 aromatic heterocycles. The number of nitrogens with one attached hydrogen (secondary N) is 2. The van der Waals surface area contributed by atoms with Gasteiger partial charge in [0.15, 0.2) is 11.8 Å². The fraction of sp³-hybridized carbons (Fsp3) is 0.250. The molecule has 1 aliphatic heterocycles. The summed E-state index contributed by atoms with van der Waals surface area (Å²) in [6, 6.07) is 5.49. The zero-order chi connectivity index (χ0) is 27.3. The number of halogens is 3. The number of alkyl halides is 3. The van der Waals surface area contributed by atoms with Crippen LogP contribution in [-0.4, -0.2) is 55.2 Å². The molecule has 3 rings (SSSR count). The third-order valence-electron chi connectivity index (χ3n) is 5.31. The second-order valence-electron chi connectivity index (χ2n) is 7.88. The summed E-state index contributed by atoms with van der Waals surface area (Å²) in [6.45, 7) is 0. The number of rotatable bonds is 8. The summed E-state index contributed by atoms with van der Waals surface area (Å²) in [6.07, 6.45) is -3.47. The third-order valence-corrected chi connectivity index (χ3v) is 5.31. The van der Waals surface area contributed by atoms with Gasteiger partial charge >= 0.3 is 42.0 Å². The van der Waals surface area contributed by atoms with E-state index >= 15 is 0 Å². The standard InChI is InChI=1S/C24H22F3N3O7.Na/c1-30-9-8-18(31)21(22(30)34)29-23(35)28-17(12-20(32)33)14-6-7-19(37-24(25,26)27)16(11-14)13-4-3-5-15(10-13)36-2;/h3-11,17,21H,12H2,1-2H3,(H,32,33)(H2,28,29,35);/q;+1/p-1/t17-,21?;/m0./s1. The summed E-state index contributed by atoms with van der Waals surface area (Å²) in [5, 5.41) is 15.9. The van der Waals surface area contributed by atoms with Crippen LogP contribution in [-0.2, 0) is 14.4 Å². The van der Waals surface area contributed by atoms with Gasteiger partial charge in [-0.1, -0.05) is 18.2 Å². The molecule has 2 atom stereocenters. The van der Waals surface area contributed by atoms with E-state index in [1.807, 2.05) is 0 Å². The molecule has 2 aromatic rings. The monoisotopic (exact) mass is 543 g/mol. The van der Waals surface area contributed by atoms with Gasteiger partial charge < -0.3 is 34.9 Å². The molecular weight excluding hydrogens is 522 g/mol. The third kappa shape index (κ3) is 7.97. The first kappa shape index (κ1) is 30.7. The molecule has 2 N–H and O–H groups in total. The van der Waals surface area contributed by atoms with Gasteiger partial charge in [0.1, 0.15) is 11.5 Å². The van der Waals surface area contributed by atoms with Crippen molar-refractivity contribution in [1.29, 1.82) is 0 Å². The Morgan fingerprint density at radius 1 is 1.16 bits per heavy atom. The van der Waals surface area contributed by atoms with Crippen LogP contribution in [0.5, 0.6) is 11.5 Å². The first-order chi connectivity index (χ1) is 17.4. The van der Waals surface area contributed by atoms with Gasteiger partial charge in [-0.2, -0.15) is 0 Å². The van der Waals surface area contributed by atoms with Crippen molar-refractivity contribution in [2.75, 3.05) is 14.2 Å². The van der Waals surface area contributed by atoms with Crippen molar-refractivity contribution in [3.8, 4) is 22.6 Å². The number of ketones is 1. The van der Waals surface area contributed by atoms with Crippen LogP contribution in [0.25, 0.3) is 11.1 Å². The Balaban J connectivity index is 0.00000507. The smallest absolute Gasteiger partial charge is 0.550 e. The van der Waals surface area contributed by atoms with Gasteiger partial charge in [-0.25, -0.2) is 4.79 Å². The summed E-state index contributed by atoms with van der Waals surface area (Å²) in [5.41, 5.74) is 0.277. The molecule has 0 radical (unpaired) electrons. The van der Waals surface area contributed by atoms with Gasteiger partial charge in [0, 0.05) is 37.3 Å². The number of carbonyl (C=O) groups excluding carboxylic acids is 4. The van der Waals surface area contributed by atoms with Crippen molar-refractivity contribution in [2.24, 2.45) is 0 Å². The van der Waals surface area contributed by atoms with Gasteiger partial charge in [-0.15, -0.1) is 13.2 Å². The second kappa shape index (κ2) is 12.8. The molecule has 38 heavy (non-hydrogen) atoms. The van der Waals surface area contributed by atoms with Crippen LogP contribution >= 0.6 is 0 Å². The number of aliphatic carboxylic acids is 1. The van der Waals surface area contributed by atoms with Crippen LogP contribution < -0.4 is 54.8 Å². The Morgan fingerprint density at radius 2 is 1.87 bits per heavy atom. The quantitative estimate of drug-likeness (QED) is 0.311. The number of hydrogen-bond acceptors (Lipinski definition) is 7. The molecular formula is C24H21F3N3NaO7. The van der Waals surface area contributed by atoms with E-state index in [9.17, 15) is 37.5 Å². The van der Waals surface area contributed by atoms with Crippen molar-refractivity contribution >= 4 is 23.7 Å². The zero-order valence-corrected chi connectivity index (χ0v) is 22.5. The Labute approximate surface area is 237 Å². The molecule has 0 fully saturated rings. The van der Waals surface area contributed by atoms with Crippen molar-refractivity contribution < 1.29 is 76.5 Å². The van der Waals surface area contributed by atoms with Gasteiger partial charge in [-0.3, -0.25) is 9.59 Å². The summed E-state index contributed by atoms with van der Waals surface area (Å²) in [4.78, 5) is 49.3. The number of amides is 3. The zero-order valence-electron chi connectivity index (χ0n) is 20.5. The largest absolute Gasteiger partial charge is 1.00 e. The summed E-state index contributed by atoms with van der Waals surface area (Å²) < 4.78 is 48.4. The first-order valence-electron chi connectivity index (χ1n) is 10.7. The van der Waals surface area contributed by atoms with Gasteiger partial charge in [0.25, 0.3) is 5.91 Å². The van der Waals surface area contributed by atoms with Crippen molar-refractivity contribution in [3.63, 3.8) is 0 Å². The number of carboxylic acid groups (broad SMARTS) is 1. The Bertz CT molecular complexity index is 1250. The predicted octanol–water partition coefficient (Wildman–Crippen LogP) is -1.33. The van der Waals surface area contributed by atoms with E-state index < -0.39 is 54.3 Å². The van der Waals surface area contributed by atoms with Crippen LogP contribution in [0.3, 0.4) is 0 Å². The van der Waals surface area contributed by atoms with Gasteiger partial charge in [-0.05, 0) is 35.4 Å². The summed E-state index contributed by atoms with van der Waals surface area (Å²) >= 11 is 0. The van der Waals surface area contributed by atoms with Crippen LogP contribution in [0.2, 0.25) is 0 Å². The van der Waals surface area contributed by atoms with E-state index in [1.165, 1.54) is 44.6 Å². The SMILES string of the molecule is COc1cccc(-c2cc([C@H](CC(=O)[O-])NC(=O)NC3C(=O)C=CN(C)C3=O)ccc2OC(F)(F)F)c1.[Na+]. The molecule has 0 spiro atoms. The van der Waals surface area contributed by atoms with E-state index in [-0.39, 0.29) is 46.2 Å². The van der Waals surface area contributed by atoms with Gasteiger partial charge in [0.2, 0.25) is 0 Å². The topological polar surface area (TPSA) is 137 Å². The number of benzene rings is 2. The van der Waals surface area contributed by atoms with Crippen molar-refractivity contribution in [3.05, 3.63) is 60.3 Å². The number of carboxylic acids is 1. The molecule has 0 aliphatic carbocycles. The number of likely N-dealkylation sites (N-methyl/N-ethyl adjacent to an activating group) is 1. The van der Waals surface area contributed by atoms with Crippen LogP contribution in [0, 0.1) is 0 Å². The number of hydrogen-bond donors (Lipinski definition) is 2. The Kier molecular flexibility index (Phi) is 10.3. The van der Waals surface area contributed by atoms with E-state index in [0.29, 0.717) is 5.75 Å². The maximum absolute atomic E-state index is 13.0. The summed E-state index contributed by atoms with van der Waals surface area (Å²) in [7, 11) is 2.75. The van der Waals surface area contributed by atoms with E-state index in [4.69, 9.17) is 4.74 Å². The fourth-order valence-electron chi connectivity index (χ4n) is 3.56. The number of methoxy groups -OCH3 is 1. The molecule has 0 bridgehead atoms. The second-order valence-corrected chi connectivity index (χ2v) is 7.88. The molecule has 1 heterocycles. The minimum absolute atomic E-state index is 0. The predicted molar refractivity (Wildman–Crippen MR) is 120 cm³/mol. The van der Waals surface area contributed by atoms with Crippen molar-refractivity contribution in [2.45, 2.75) is 24.9 Å². The van der Waals surface area contributed by atoms with Crippen LogP contribution in [0.15, 0.2) is 54.7 Å². The maximum atomic E-state index is 13.0. The van der Waals surface area contributed by atoms with Gasteiger partial charge in [0.05, 0.1) is 13.2 Å². The number of nitrogens with zero attached hydrogens (tertiary/aromatic N) is 1. The average molecular weight is 543 g/mol. The molecule has 2 aromatic carbocycles. The van der Waals surface area contributed by atoms with Crippen molar-refractivity contribution in [1.82, 2.24) is 15.5 Å². The maximum Gasteiger partial charge on any atom is 1.00 e. The molecule has 10 nitrogen and oxygen atoms in total. The molecule has 196 valence electrons. The molecule has 3 amide bonds. The number of carbonyl (C=O) groups is 4. The average Bonchev–Trinajstić information content (AvgIpc) is 2.83. The normalized spacial score (nSPS) is 15.8. The minimum atomic E-state index is -5.02. The van der Waals surface area contributed by atoms with E-state index in [2.05, 4.69) is 15.4 Å². The Morgan fingerprint density at radius 3 is 2.50 bits per heavy atom. The fourth-order valence-corrected chi connectivity index (χ4v) is 3.56. The van der Waals surface area contributed by atoms with Crippen LogP contribution in [0.1, 0.15) is 18.0 Å². The minimum Gasteiger partial charge on any atom is -0.550 e. The molecule has 1 aliphatic rings. The molecule has 0 saturated heterocycles. The molecule has 1 unspecified atom stereocenters. The van der Waals surface area contributed by atoms with E-state index in [0.717, 1.165) is 23.1 Å². The summed E-state index contributed by atoms with van der Waals surface area (Å²) in [5.74, 6) is -3.21. The number of ether oxygens (including phenoxy) is 2. The Hall–Kier alpha value is -3.55. The molecule has 0 saturated carbocycles. The molecule has 14 heteroatoms.